The molecule has 0 aromatic heterocycles. The van der Waals surface area contributed by atoms with Crippen LogP contribution in [0.25, 0.3) is 0 Å². The fourth-order valence-corrected chi connectivity index (χ4v) is 2.05. The number of hydrogen-bond donors (Lipinski definition) is 2. The third-order valence-corrected chi connectivity index (χ3v) is 3.23. The number of hydrogen-bond acceptors (Lipinski definition) is 2. The van der Waals surface area contributed by atoms with Crippen LogP contribution in [0.4, 0.5) is 0 Å². The average Bonchev–Trinajstić information content (AvgIpc) is 2.27. The van der Waals surface area contributed by atoms with Crippen LogP contribution in [0.1, 0.15) is 43.4 Å². The maximum atomic E-state index is 12.0. The van der Waals surface area contributed by atoms with Crippen LogP contribution in [-0.4, -0.2) is 11.4 Å². The first-order chi connectivity index (χ1) is 8.36. The largest absolute Gasteiger partial charge is 0.350 e. The van der Waals surface area contributed by atoms with Gasteiger partial charge in [0.15, 0.2) is 0 Å². The van der Waals surface area contributed by atoms with E-state index >= 15 is 0 Å². The van der Waals surface area contributed by atoms with Gasteiger partial charge in [-0.05, 0) is 38.3 Å². The van der Waals surface area contributed by atoms with Crippen LogP contribution in [0.5, 0.6) is 0 Å². The van der Waals surface area contributed by atoms with Crippen molar-refractivity contribution in [3.63, 3.8) is 0 Å². The Morgan fingerprint density at radius 3 is 2.61 bits per heavy atom. The maximum Gasteiger partial charge on any atom is 0.240 e. The molecule has 0 spiro atoms. The minimum atomic E-state index is -0.770. The van der Waals surface area contributed by atoms with Gasteiger partial charge in [0.25, 0.3) is 0 Å². The number of aryl methyl sites for hydroxylation is 2. The fraction of sp³-hybridized carbons (Fsp3) is 0.533. The molecular weight excluding hydrogens is 224 g/mol. The summed E-state index contributed by atoms with van der Waals surface area (Å²) < 4.78 is 0. The number of amides is 1. The second-order valence-electron chi connectivity index (χ2n) is 5.28. The standard InChI is InChI=1S/C15H24N2O/c1-5-8-15(4,16)14(18)17-10-13-7-6-11(2)9-12(13)3/h6-7,9H,5,8,10,16H2,1-4H3,(H,17,18). The van der Waals surface area contributed by atoms with Crippen molar-refractivity contribution in [2.75, 3.05) is 0 Å². The quantitative estimate of drug-likeness (QED) is 0.841. The van der Waals surface area contributed by atoms with Crippen molar-refractivity contribution in [1.82, 2.24) is 5.32 Å². The molecule has 1 amide bonds. The SMILES string of the molecule is CCCC(C)(N)C(=O)NCc1ccc(C)cc1C. The molecule has 1 rings (SSSR count). The van der Waals surface area contributed by atoms with E-state index in [9.17, 15) is 4.79 Å². The van der Waals surface area contributed by atoms with Gasteiger partial charge in [0.05, 0.1) is 5.54 Å². The molecule has 0 heterocycles. The Labute approximate surface area is 110 Å². The summed E-state index contributed by atoms with van der Waals surface area (Å²) in [6.45, 7) is 8.48. The van der Waals surface area contributed by atoms with Crippen LogP contribution in [0.2, 0.25) is 0 Å². The first-order valence-corrected chi connectivity index (χ1v) is 6.50. The van der Waals surface area contributed by atoms with Gasteiger partial charge in [0.1, 0.15) is 0 Å². The van der Waals surface area contributed by atoms with E-state index in [4.69, 9.17) is 5.73 Å². The van der Waals surface area contributed by atoms with E-state index in [2.05, 4.69) is 37.4 Å². The maximum absolute atomic E-state index is 12.0. The smallest absolute Gasteiger partial charge is 0.240 e. The predicted octanol–water partition coefficient (Wildman–Crippen LogP) is 2.44. The molecule has 0 saturated carbocycles. The Hall–Kier alpha value is -1.35. The van der Waals surface area contributed by atoms with Gasteiger partial charge in [-0.2, -0.15) is 0 Å². The Balaban J connectivity index is 2.62. The molecule has 1 aromatic rings. The van der Waals surface area contributed by atoms with Crippen LogP contribution in [0.3, 0.4) is 0 Å². The van der Waals surface area contributed by atoms with Crippen LogP contribution in [0.15, 0.2) is 18.2 Å². The molecule has 3 N–H and O–H groups in total. The first kappa shape index (κ1) is 14.7. The van der Waals surface area contributed by atoms with Crippen molar-refractivity contribution in [2.45, 2.75) is 52.6 Å². The number of nitrogens with one attached hydrogen (secondary N) is 1. The van der Waals surface area contributed by atoms with Crippen molar-refractivity contribution in [1.29, 1.82) is 0 Å². The Bertz CT molecular complexity index is 425. The number of carbonyl (C=O) groups excluding carboxylic acids is 1. The second-order valence-corrected chi connectivity index (χ2v) is 5.28. The number of rotatable bonds is 5. The molecule has 100 valence electrons. The molecule has 1 atom stereocenters. The fourth-order valence-electron chi connectivity index (χ4n) is 2.05. The molecule has 0 aliphatic heterocycles. The highest BCUT2D eigenvalue weighted by Gasteiger charge is 2.26. The van der Waals surface area contributed by atoms with Crippen molar-refractivity contribution < 1.29 is 4.79 Å². The first-order valence-electron chi connectivity index (χ1n) is 6.50. The molecule has 0 aliphatic rings. The van der Waals surface area contributed by atoms with Gasteiger partial charge in [0, 0.05) is 6.54 Å². The lowest BCUT2D eigenvalue weighted by Gasteiger charge is -2.23. The number of benzene rings is 1. The molecule has 0 fully saturated rings. The van der Waals surface area contributed by atoms with Crippen LogP contribution >= 0.6 is 0 Å². The van der Waals surface area contributed by atoms with Gasteiger partial charge >= 0.3 is 0 Å². The summed E-state index contributed by atoms with van der Waals surface area (Å²) in [5.41, 5.74) is 8.79. The van der Waals surface area contributed by atoms with Gasteiger partial charge in [-0.15, -0.1) is 0 Å². The summed E-state index contributed by atoms with van der Waals surface area (Å²) in [5.74, 6) is -0.0793. The van der Waals surface area contributed by atoms with E-state index in [1.54, 1.807) is 6.92 Å². The van der Waals surface area contributed by atoms with Gasteiger partial charge < -0.3 is 11.1 Å². The van der Waals surface area contributed by atoms with Crippen molar-refractivity contribution >= 4 is 5.91 Å². The molecule has 0 bridgehead atoms. The highest BCUT2D eigenvalue weighted by Crippen LogP contribution is 2.12. The molecule has 0 saturated heterocycles. The zero-order chi connectivity index (χ0) is 13.8. The number of nitrogens with two attached hydrogens (primary N) is 1. The second kappa shape index (κ2) is 6.01. The Morgan fingerprint density at radius 2 is 2.06 bits per heavy atom. The molecule has 1 unspecified atom stereocenters. The minimum absolute atomic E-state index is 0.0793. The molecule has 0 aliphatic carbocycles. The normalized spacial score (nSPS) is 14.1. The molecule has 3 heteroatoms. The Morgan fingerprint density at radius 1 is 1.39 bits per heavy atom. The predicted molar refractivity (Wildman–Crippen MR) is 75.3 cm³/mol. The zero-order valence-corrected chi connectivity index (χ0v) is 11.8. The van der Waals surface area contributed by atoms with Crippen LogP contribution in [-0.2, 0) is 11.3 Å². The summed E-state index contributed by atoms with van der Waals surface area (Å²) in [4.78, 5) is 12.0. The van der Waals surface area contributed by atoms with Crippen molar-refractivity contribution in [3.8, 4) is 0 Å². The Kier molecular flexibility index (Phi) is 4.91. The van der Waals surface area contributed by atoms with E-state index in [1.807, 2.05) is 6.92 Å². The average molecular weight is 248 g/mol. The highest BCUT2D eigenvalue weighted by molar-refractivity contribution is 5.85. The lowest BCUT2D eigenvalue weighted by Crippen LogP contribution is -2.51. The summed E-state index contributed by atoms with van der Waals surface area (Å²) in [5, 5.41) is 2.92. The topological polar surface area (TPSA) is 55.1 Å². The van der Waals surface area contributed by atoms with E-state index in [0.29, 0.717) is 13.0 Å². The van der Waals surface area contributed by atoms with Gasteiger partial charge in [-0.1, -0.05) is 37.1 Å². The summed E-state index contributed by atoms with van der Waals surface area (Å²) in [7, 11) is 0. The zero-order valence-electron chi connectivity index (χ0n) is 11.8. The van der Waals surface area contributed by atoms with Crippen LogP contribution in [0, 0.1) is 13.8 Å². The molecule has 3 nitrogen and oxygen atoms in total. The van der Waals surface area contributed by atoms with Gasteiger partial charge in [-0.3, -0.25) is 4.79 Å². The third-order valence-electron chi connectivity index (χ3n) is 3.23. The van der Waals surface area contributed by atoms with Gasteiger partial charge in [0.2, 0.25) is 5.91 Å². The van der Waals surface area contributed by atoms with Crippen molar-refractivity contribution in [2.24, 2.45) is 5.73 Å². The highest BCUT2D eigenvalue weighted by atomic mass is 16.2. The summed E-state index contributed by atoms with van der Waals surface area (Å²) in [6.07, 6.45) is 1.61. The molecule has 1 aromatic carbocycles. The van der Waals surface area contributed by atoms with Gasteiger partial charge in [-0.25, -0.2) is 0 Å². The summed E-state index contributed by atoms with van der Waals surface area (Å²) in [6, 6.07) is 6.23. The van der Waals surface area contributed by atoms with Crippen LogP contribution < -0.4 is 11.1 Å². The van der Waals surface area contributed by atoms with Crippen molar-refractivity contribution in [3.05, 3.63) is 34.9 Å². The van der Waals surface area contributed by atoms with E-state index in [0.717, 1.165) is 12.0 Å². The molecule has 18 heavy (non-hydrogen) atoms. The van der Waals surface area contributed by atoms with E-state index in [1.165, 1.54) is 11.1 Å². The monoisotopic (exact) mass is 248 g/mol. The molecular formula is C15H24N2O. The summed E-state index contributed by atoms with van der Waals surface area (Å²) >= 11 is 0. The number of carbonyl (C=O) groups is 1. The van der Waals surface area contributed by atoms with E-state index < -0.39 is 5.54 Å². The third kappa shape index (κ3) is 3.84. The lowest BCUT2D eigenvalue weighted by atomic mass is 9.96. The van der Waals surface area contributed by atoms with E-state index in [-0.39, 0.29) is 5.91 Å². The minimum Gasteiger partial charge on any atom is -0.350 e. The lowest BCUT2D eigenvalue weighted by molar-refractivity contribution is -0.126. The molecule has 0 radical (unpaired) electrons.